The molecule has 0 aliphatic carbocycles. The Morgan fingerprint density at radius 3 is 1.44 bits per heavy atom. The molecule has 1 aromatic carbocycles. The van der Waals surface area contributed by atoms with Crippen molar-refractivity contribution in [1.82, 2.24) is 0 Å². The molecule has 1 N–H and O–H groups in total. The monoisotopic (exact) mass is 284 g/mol. The first-order valence-electron chi connectivity index (χ1n) is 3.19. The summed E-state index contributed by atoms with van der Waals surface area (Å²) in [5, 5.41) is 0. The molecule has 0 aliphatic rings. The zero-order chi connectivity index (χ0) is 13.1. The van der Waals surface area contributed by atoms with E-state index >= 15 is 0 Å². The molecule has 3 nitrogen and oxygen atoms in total. The van der Waals surface area contributed by atoms with Gasteiger partial charge in [-0.3, -0.25) is 4.55 Å². The lowest BCUT2D eigenvalue weighted by molar-refractivity contribution is 0.378. The van der Waals surface area contributed by atoms with E-state index in [0.29, 0.717) is 0 Å². The summed E-state index contributed by atoms with van der Waals surface area (Å²) in [5.41, 5.74) is 0. The number of hydrogen-bond acceptors (Lipinski definition) is 2. The van der Waals surface area contributed by atoms with E-state index in [9.17, 15) is 22.0 Å². The zero-order valence-electron chi connectivity index (χ0n) is 7.02. The van der Waals surface area contributed by atoms with Gasteiger partial charge in [-0.15, -0.1) is 0 Å². The predicted octanol–water partition coefficient (Wildman–Crippen LogP) is 2.41. The van der Waals surface area contributed by atoms with Crippen LogP contribution >= 0.6 is 10.7 Å². The van der Waals surface area contributed by atoms with Crippen molar-refractivity contribution in [3.8, 4) is 0 Å². The molecule has 16 heavy (non-hydrogen) atoms. The fourth-order valence-electron chi connectivity index (χ4n) is 0.544. The Balaban J connectivity index is 0.000000385. The first kappa shape index (κ1) is 15.1. The molecule has 0 unspecified atom stereocenters. The molecule has 0 heterocycles. The van der Waals surface area contributed by atoms with Crippen molar-refractivity contribution in [2.24, 2.45) is 0 Å². The van der Waals surface area contributed by atoms with Gasteiger partial charge < -0.3 is 0 Å². The lowest BCUT2D eigenvalue weighted by atomic mass is 10.3. The third-order valence-electron chi connectivity index (χ3n) is 1.06. The first-order valence-corrected chi connectivity index (χ1v) is 5.46. The van der Waals surface area contributed by atoms with Crippen LogP contribution in [-0.4, -0.2) is 13.0 Å². The molecule has 1 aromatic rings. The number of halogens is 6. The minimum atomic E-state index is -4.19. The van der Waals surface area contributed by atoms with E-state index in [1.165, 1.54) is 0 Å². The fourth-order valence-corrected chi connectivity index (χ4v) is 0.544. The van der Waals surface area contributed by atoms with Crippen LogP contribution in [0.5, 0.6) is 0 Å². The van der Waals surface area contributed by atoms with Crippen molar-refractivity contribution in [3.63, 3.8) is 0 Å². The normalized spacial score (nSPS) is 10.7. The van der Waals surface area contributed by atoms with Crippen LogP contribution in [0.3, 0.4) is 0 Å². The van der Waals surface area contributed by atoms with Gasteiger partial charge in [0, 0.05) is 16.7 Å². The zero-order valence-corrected chi connectivity index (χ0v) is 8.59. The minimum absolute atomic E-state index is 0.0618. The van der Waals surface area contributed by atoms with Crippen LogP contribution in [0.4, 0.5) is 22.0 Å². The summed E-state index contributed by atoms with van der Waals surface area (Å²) in [4.78, 5) is 0. The standard InChI is InChI=1S/C6HF5.ClHO3S/c7-2-1-3(8)5(10)6(11)4(2)9;1-5(2,3)4/h1H;(H,2,3,4). The smallest absolute Gasteiger partial charge is 0.273 e. The highest BCUT2D eigenvalue weighted by atomic mass is 35.7. The molecule has 0 bridgehead atoms. The molecule has 0 amide bonds. The molecular formula is C6H2ClF5O3S. The second-order valence-corrected chi connectivity index (χ2v) is 4.19. The summed E-state index contributed by atoms with van der Waals surface area (Å²) >= 11 is 0. The molecule has 0 saturated heterocycles. The van der Waals surface area contributed by atoms with Crippen molar-refractivity contribution >= 4 is 20.0 Å². The van der Waals surface area contributed by atoms with Crippen molar-refractivity contribution in [2.45, 2.75) is 0 Å². The van der Waals surface area contributed by atoms with Crippen molar-refractivity contribution in [1.29, 1.82) is 0 Å². The Morgan fingerprint density at radius 1 is 0.938 bits per heavy atom. The third kappa shape index (κ3) is 5.24. The van der Waals surface area contributed by atoms with Gasteiger partial charge in [-0.05, 0) is 0 Å². The Kier molecular flexibility index (Phi) is 5.10. The summed E-state index contributed by atoms with van der Waals surface area (Å²) in [6.45, 7) is 0. The third-order valence-corrected chi connectivity index (χ3v) is 1.06. The highest BCUT2D eigenvalue weighted by Gasteiger charge is 2.18. The largest absolute Gasteiger partial charge is 0.353 e. The molecular weight excluding hydrogens is 283 g/mol. The average Bonchev–Trinajstić information content (AvgIpc) is 2.09. The summed E-state index contributed by atoms with van der Waals surface area (Å²) in [5.74, 6) is -9.65. The SMILES string of the molecule is Fc1cc(F)c(F)c(F)c1F.O=S(=O)(O)Cl. The van der Waals surface area contributed by atoms with Crippen LogP contribution in [0, 0.1) is 29.1 Å². The molecule has 0 atom stereocenters. The number of rotatable bonds is 0. The van der Waals surface area contributed by atoms with Gasteiger partial charge in [-0.2, -0.15) is 8.42 Å². The van der Waals surface area contributed by atoms with Crippen LogP contribution in [0.25, 0.3) is 0 Å². The first-order chi connectivity index (χ1) is 7.04. The molecule has 1 rings (SSSR count). The molecule has 92 valence electrons. The Hall–Kier alpha value is -0.930. The van der Waals surface area contributed by atoms with Gasteiger partial charge in [-0.1, -0.05) is 0 Å². The number of hydrogen-bond donors (Lipinski definition) is 1. The molecule has 0 saturated carbocycles. The highest BCUT2D eigenvalue weighted by molar-refractivity contribution is 8.09. The van der Waals surface area contributed by atoms with Crippen LogP contribution in [0.15, 0.2) is 6.07 Å². The average molecular weight is 285 g/mol. The fraction of sp³-hybridized carbons (Fsp3) is 0. The lowest BCUT2D eigenvalue weighted by Crippen LogP contribution is -1.98. The van der Waals surface area contributed by atoms with Crippen molar-refractivity contribution in [3.05, 3.63) is 35.2 Å². The Labute approximate surface area is 90.7 Å². The quantitative estimate of drug-likeness (QED) is 0.262. The number of benzene rings is 1. The van der Waals surface area contributed by atoms with Gasteiger partial charge in [-0.25, -0.2) is 22.0 Å². The van der Waals surface area contributed by atoms with E-state index < -0.39 is 38.4 Å². The second kappa shape index (κ2) is 5.41. The summed E-state index contributed by atoms with van der Waals surface area (Å²) in [6, 6.07) is -0.0618. The van der Waals surface area contributed by atoms with Gasteiger partial charge in [0.2, 0.25) is 5.82 Å². The minimum Gasteiger partial charge on any atom is -0.273 e. The molecule has 0 spiro atoms. The van der Waals surface area contributed by atoms with E-state index in [2.05, 4.69) is 10.7 Å². The Bertz CT molecular complexity index is 455. The predicted molar refractivity (Wildman–Crippen MR) is 43.6 cm³/mol. The van der Waals surface area contributed by atoms with Crippen LogP contribution in [0.1, 0.15) is 0 Å². The molecule has 10 heteroatoms. The van der Waals surface area contributed by atoms with E-state index in [0.717, 1.165) is 0 Å². The maximum absolute atomic E-state index is 12.0. The summed E-state index contributed by atoms with van der Waals surface area (Å²) < 4.78 is 85.2. The molecule has 0 aliphatic heterocycles. The summed E-state index contributed by atoms with van der Waals surface area (Å²) in [6.07, 6.45) is 0. The van der Waals surface area contributed by atoms with Gasteiger partial charge in [0.15, 0.2) is 23.3 Å². The van der Waals surface area contributed by atoms with Gasteiger partial charge in [0.25, 0.3) is 0 Å². The lowest BCUT2D eigenvalue weighted by Gasteiger charge is -1.96. The maximum Gasteiger partial charge on any atom is 0.353 e. The van der Waals surface area contributed by atoms with E-state index in [-0.39, 0.29) is 6.07 Å². The van der Waals surface area contributed by atoms with Crippen LogP contribution in [-0.2, 0) is 9.33 Å². The maximum atomic E-state index is 12.0. The van der Waals surface area contributed by atoms with Crippen LogP contribution < -0.4 is 0 Å². The van der Waals surface area contributed by atoms with Crippen LogP contribution in [0.2, 0.25) is 0 Å². The molecule has 0 radical (unpaired) electrons. The van der Waals surface area contributed by atoms with Gasteiger partial charge in [0.05, 0.1) is 0 Å². The van der Waals surface area contributed by atoms with Gasteiger partial charge in [0.1, 0.15) is 0 Å². The second-order valence-electron chi connectivity index (χ2n) is 2.19. The topological polar surface area (TPSA) is 54.4 Å². The van der Waals surface area contributed by atoms with Crippen molar-refractivity contribution < 1.29 is 34.9 Å². The Morgan fingerprint density at radius 2 is 1.19 bits per heavy atom. The highest BCUT2D eigenvalue weighted by Crippen LogP contribution is 2.16. The van der Waals surface area contributed by atoms with E-state index in [1.54, 1.807) is 0 Å². The van der Waals surface area contributed by atoms with E-state index in [1.807, 2.05) is 0 Å². The molecule has 0 fully saturated rings. The molecule has 0 aromatic heterocycles. The summed E-state index contributed by atoms with van der Waals surface area (Å²) in [7, 11) is -0.137. The van der Waals surface area contributed by atoms with E-state index in [4.69, 9.17) is 13.0 Å². The van der Waals surface area contributed by atoms with Gasteiger partial charge >= 0.3 is 9.33 Å². The van der Waals surface area contributed by atoms with Crippen molar-refractivity contribution in [2.75, 3.05) is 0 Å².